The van der Waals surface area contributed by atoms with Crippen molar-refractivity contribution in [2.75, 3.05) is 0 Å². The largest absolute Gasteiger partial charge is 0.200 e. The highest BCUT2D eigenvalue weighted by Crippen LogP contribution is 2.36. The van der Waals surface area contributed by atoms with Gasteiger partial charge in [0.1, 0.15) is 18.6 Å². The van der Waals surface area contributed by atoms with Gasteiger partial charge in [-0.15, -0.1) is 46.4 Å². The number of nitrogens with zero attached hydrogens (tertiary/aromatic N) is 1. The molecule has 0 bridgehead atoms. The second-order valence-electron chi connectivity index (χ2n) is 2.76. The van der Waals surface area contributed by atoms with E-state index < -0.39 is 18.6 Å². The Labute approximate surface area is 115 Å². The minimum atomic E-state index is -0.781. The van der Waals surface area contributed by atoms with Gasteiger partial charge in [0.15, 0.2) is 0 Å². The van der Waals surface area contributed by atoms with Crippen LogP contribution in [-0.4, -0.2) is 18.6 Å². The van der Waals surface area contributed by atoms with Crippen LogP contribution in [0.1, 0.15) is 13.8 Å². The maximum atomic E-state index is 5.70. The molecule has 0 aliphatic carbocycles. The first-order valence-corrected chi connectivity index (χ1v) is 6.61. The summed E-state index contributed by atoms with van der Waals surface area (Å²) in [6.45, 7) is 3.46. The Morgan fingerprint density at radius 2 is 1.15 bits per heavy atom. The van der Waals surface area contributed by atoms with Gasteiger partial charge in [0.05, 0.1) is 0 Å². The first-order chi connectivity index (χ1) is 5.59. The summed E-state index contributed by atoms with van der Waals surface area (Å²) in [4.78, 5) is -1.37. The van der Waals surface area contributed by atoms with Crippen LogP contribution in [0.5, 0.6) is 0 Å². The predicted molar refractivity (Wildman–Crippen MR) is 67.8 cm³/mol. The van der Waals surface area contributed by atoms with Crippen LogP contribution in [0.4, 0.5) is 0 Å². The number of halogens is 6. The molecule has 0 aromatic carbocycles. The van der Waals surface area contributed by atoms with Crippen LogP contribution < -0.4 is 5.32 Å². The highest BCUT2D eigenvalue weighted by Gasteiger charge is 2.40. The summed E-state index contributed by atoms with van der Waals surface area (Å²) >= 11 is 29.3. The summed E-state index contributed by atoms with van der Waals surface area (Å²) in [5, 5.41) is 4.25. The summed E-state index contributed by atoms with van der Waals surface area (Å²) in [5.41, 5.74) is 0. The van der Waals surface area contributed by atoms with E-state index in [0.717, 1.165) is 0 Å². The van der Waals surface area contributed by atoms with Gasteiger partial charge in [0.2, 0.25) is 0 Å². The average Bonchev–Trinajstić information content (AvgIpc) is 1.83. The maximum Gasteiger partial charge on any atom is 0.137 e. The Kier molecular flexibility index (Phi) is 6.29. The van der Waals surface area contributed by atoms with Crippen LogP contribution in [0, 0.1) is 0 Å². The van der Waals surface area contributed by atoms with Crippen LogP contribution in [0.25, 0.3) is 0 Å². The zero-order chi connectivity index (χ0) is 10.9. The molecule has 0 aliphatic heterocycles. The molecular formula is C6H8Br2Cl4N. The zero-order valence-electron chi connectivity index (χ0n) is 6.87. The minimum Gasteiger partial charge on any atom is -0.200 e. The van der Waals surface area contributed by atoms with Gasteiger partial charge < -0.3 is 0 Å². The molecule has 0 aliphatic rings. The van der Waals surface area contributed by atoms with Crippen LogP contribution in [0.15, 0.2) is 0 Å². The monoisotopic (exact) mass is 392 g/mol. The van der Waals surface area contributed by atoms with Gasteiger partial charge in [-0.05, 0) is 13.8 Å². The fraction of sp³-hybridized carbons (Fsp3) is 1.00. The minimum absolute atomic E-state index is 0.684. The standard InChI is InChI=1S/C6H8Br2Cl4N/c1-5(7,3(9)10)13-6(2,8)4(11)12/h3-4H,1-2H3. The molecule has 13 heavy (non-hydrogen) atoms. The number of hydrogen-bond acceptors (Lipinski definition) is 0. The fourth-order valence-electron chi connectivity index (χ4n) is 0.525. The Hall–Kier alpha value is 2.08. The van der Waals surface area contributed by atoms with Crippen molar-refractivity contribution in [3.8, 4) is 0 Å². The maximum absolute atomic E-state index is 5.70. The second-order valence-corrected chi connectivity index (χ2v) is 8.16. The van der Waals surface area contributed by atoms with Gasteiger partial charge >= 0.3 is 0 Å². The summed E-state index contributed by atoms with van der Waals surface area (Å²) < 4.78 is -1.56. The third-order valence-corrected chi connectivity index (χ3v) is 5.26. The highest BCUT2D eigenvalue weighted by molar-refractivity contribution is 9.10. The van der Waals surface area contributed by atoms with Gasteiger partial charge in [-0.25, -0.2) is 5.32 Å². The normalized spacial score (nSPS) is 21.7. The molecule has 7 heteroatoms. The van der Waals surface area contributed by atoms with Crippen molar-refractivity contribution in [3.63, 3.8) is 0 Å². The molecule has 0 aromatic heterocycles. The van der Waals surface area contributed by atoms with Crippen molar-refractivity contribution in [1.82, 2.24) is 5.32 Å². The first-order valence-electron chi connectivity index (χ1n) is 3.28. The quantitative estimate of drug-likeness (QED) is 0.494. The molecule has 0 saturated carbocycles. The van der Waals surface area contributed by atoms with Crippen molar-refractivity contribution < 1.29 is 0 Å². The molecule has 0 saturated heterocycles. The smallest absolute Gasteiger partial charge is 0.137 e. The SMILES string of the molecule is CC(Br)([N]C(C)(Br)C(Cl)Cl)C(Cl)Cl. The van der Waals surface area contributed by atoms with Crippen LogP contribution in [0.2, 0.25) is 0 Å². The van der Waals surface area contributed by atoms with E-state index in [-0.39, 0.29) is 0 Å². The summed E-state index contributed by atoms with van der Waals surface area (Å²) in [5.74, 6) is 0. The van der Waals surface area contributed by atoms with E-state index >= 15 is 0 Å². The van der Waals surface area contributed by atoms with E-state index in [9.17, 15) is 0 Å². The molecule has 0 spiro atoms. The molecular weight excluding hydrogens is 388 g/mol. The Balaban J connectivity index is 4.42. The molecule has 1 nitrogen and oxygen atoms in total. The fourth-order valence-corrected chi connectivity index (χ4v) is 1.69. The van der Waals surface area contributed by atoms with Crippen LogP contribution in [0.3, 0.4) is 0 Å². The topological polar surface area (TPSA) is 14.1 Å². The van der Waals surface area contributed by atoms with Gasteiger partial charge in [0, 0.05) is 0 Å². The van der Waals surface area contributed by atoms with E-state index in [1.807, 2.05) is 0 Å². The van der Waals surface area contributed by atoms with Crippen molar-refractivity contribution in [2.45, 2.75) is 32.4 Å². The van der Waals surface area contributed by atoms with E-state index in [4.69, 9.17) is 46.4 Å². The molecule has 2 atom stereocenters. The lowest BCUT2D eigenvalue weighted by atomic mass is 10.3. The molecule has 2 unspecified atom stereocenters. The van der Waals surface area contributed by atoms with Crippen molar-refractivity contribution in [1.29, 1.82) is 0 Å². The van der Waals surface area contributed by atoms with Crippen LogP contribution >= 0.6 is 78.3 Å². The van der Waals surface area contributed by atoms with Gasteiger partial charge in [0.25, 0.3) is 0 Å². The second kappa shape index (κ2) is 5.42. The lowest BCUT2D eigenvalue weighted by molar-refractivity contribution is 0.436. The van der Waals surface area contributed by atoms with Gasteiger partial charge in [-0.1, -0.05) is 31.9 Å². The van der Waals surface area contributed by atoms with E-state index in [0.29, 0.717) is 0 Å². The van der Waals surface area contributed by atoms with E-state index in [1.165, 1.54) is 0 Å². The third-order valence-electron chi connectivity index (χ3n) is 1.23. The number of hydrogen-bond donors (Lipinski definition) is 0. The summed E-state index contributed by atoms with van der Waals surface area (Å²) in [7, 11) is 0. The average molecular weight is 396 g/mol. The molecule has 0 heterocycles. The predicted octanol–water partition coefficient (Wildman–Crippen LogP) is 4.42. The number of rotatable bonds is 4. The summed E-state index contributed by atoms with van der Waals surface area (Å²) in [6, 6.07) is 0. The highest BCUT2D eigenvalue weighted by atomic mass is 79.9. The third kappa shape index (κ3) is 5.10. The van der Waals surface area contributed by atoms with E-state index in [2.05, 4.69) is 37.2 Å². The van der Waals surface area contributed by atoms with Crippen molar-refractivity contribution >= 4 is 78.3 Å². The zero-order valence-corrected chi connectivity index (χ0v) is 13.1. The molecule has 79 valence electrons. The lowest BCUT2D eigenvalue weighted by Gasteiger charge is -2.33. The molecule has 1 radical (unpaired) electrons. The molecule has 0 fully saturated rings. The molecule has 0 rings (SSSR count). The van der Waals surface area contributed by atoms with Crippen molar-refractivity contribution in [2.24, 2.45) is 0 Å². The molecule has 0 aromatic rings. The molecule has 0 N–H and O–H groups in total. The van der Waals surface area contributed by atoms with E-state index in [1.54, 1.807) is 13.8 Å². The van der Waals surface area contributed by atoms with Crippen LogP contribution in [-0.2, 0) is 0 Å². The van der Waals surface area contributed by atoms with Crippen molar-refractivity contribution in [3.05, 3.63) is 0 Å². The number of alkyl halides is 6. The first kappa shape index (κ1) is 15.1. The van der Waals surface area contributed by atoms with Gasteiger partial charge in [-0.3, -0.25) is 0 Å². The Morgan fingerprint density at radius 3 is 1.31 bits per heavy atom. The summed E-state index contributed by atoms with van der Waals surface area (Å²) in [6.07, 6.45) is 0. The Morgan fingerprint density at radius 1 is 0.923 bits per heavy atom. The Bertz CT molecular complexity index is 154. The lowest BCUT2D eigenvalue weighted by Crippen LogP contribution is -2.49. The molecule has 0 amide bonds. The van der Waals surface area contributed by atoms with Gasteiger partial charge in [-0.2, -0.15) is 0 Å².